The Kier molecular flexibility index (Phi) is 3.53. The predicted octanol–water partition coefficient (Wildman–Crippen LogP) is 1.03. The van der Waals surface area contributed by atoms with E-state index in [1.165, 1.54) is 0 Å². The molecule has 1 amide bonds. The normalized spacial score (nSPS) is 25.2. The first kappa shape index (κ1) is 9.52. The van der Waals surface area contributed by atoms with Crippen molar-refractivity contribution in [2.24, 2.45) is 0 Å². The number of hydrogen-bond acceptors (Lipinski definition) is 2. The predicted molar refractivity (Wildman–Crippen MR) is 46.9 cm³/mol. The molecule has 12 heavy (non-hydrogen) atoms. The van der Waals surface area contributed by atoms with Crippen LogP contribution in [0.15, 0.2) is 0 Å². The maximum Gasteiger partial charge on any atom is 0.222 e. The Labute approximate surface area is 73.7 Å². The van der Waals surface area contributed by atoms with Crippen LogP contribution in [-0.4, -0.2) is 36.6 Å². The number of hydrogen-bond donors (Lipinski definition) is 0. The fraction of sp³-hybridized carbons (Fsp3) is 0.889. The van der Waals surface area contributed by atoms with Crippen molar-refractivity contribution in [3.63, 3.8) is 0 Å². The number of nitrogens with zero attached hydrogens (tertiary/aromatic N) is 1. The van der Waals surface area contributed by atoms with Crippen molar-refractivity contribution in [1.82, 2.24) is 4.90 Å². The second-order valence-electron chi connectivity index (χ2n) is 3.23. The molecule has 1 aliphatic heterocycles. The topological polar surface area (TPSA) is 29.5 Å². The summed E-state index contributed by atoms with van der Waals surface area (Å²) in [6.07, 6.45) is 1.77. The first-order valence-electron chi connectivity index (χ1n) is 4.63. The van der Waals surface area contributed by atoms with E-state index < -0.39 is 0 Å². The zero-order valence-corrected chi connectivity index (χ0v) is 7.88. The number of carbonyl (C=O) groups is 1. The molecule has 0 aromatic carbocycles. The fourth-order valence-electron chi connectivity index (χ4n) is 1.44. The Bertz CT molecular complexity index is 159. The third-order valence-corrected chi connectivity index (χ3v) is 2.11. The molecule has 1 aliphatic rings. The van der Waals surface area contributed by atoms with E-state index >= 15 is 0 Å². The minimum absolute atomic E-state index is 0.197. The van der Waals surface area contributed by atoms with Crippen LogP contribution in [0.25, 0.3) is 0 Å². The van der Waals surface area contributed by atoms with Gasteiger partial charge in [-0.15, -0.1) is 0 Å². The van der Waals surface area contributed by atoms with Gasteiger partial charge in [-0.25, -0.2) is 0 Å². The van der Waals surface area contributed by atoms with Gasteiger partial charge in [-0.05, 0) is 13.3 Å². The van der Waals surface area contributed by atoms with Crippen LogP contribution in [0.3, 0.4) is 0 Å². The molecule has 1 atom stereocenters. The summed E-state index contributed by atoms with van der Waals surface area (Å²) in [6, 6.07) is 0. The van der Waals surface area contributed by atoms with Gasteiger partial charge in [0.15, 0.2) is 0 Å². The number of amides is 1. The number of carbonyl (C=O) groups excluding carboxylic acids is 1. The Morgan fingerprint density at radius 2 is 2.42 bits per heavy atom. The van der Waals surface area contributed by atoms with Gasteiger partial charge < -0.3 is 9.64 Å². The van der Waals surface area contributed by atoms with Crippen molar-refractivity contribution in [2.45, 2.75) is 32.8 Å². The third kappa shape index (κ3) is 2.48. The Hall–Kier alpha value is -0.570. The van der Waals surface area contributed by atoms with Crippen LogP contribution < -0.4 is 0 Å². The van der Waals surface area contributed by atoms with Gasteiger partial charge in [-0.3, -0.25) is 4.79 Å². The van der Waals surface area contributed by atoms with Crippen LogP contribution in [-0.2, 0) is 9.53 Å². The van der Waals surface area contributed by atoms with Crippen molar-refractivity contribution in [3.05, 3.63) is 0 Å². The molecule has 0 aliphatic carbocycles. The highest BCUT2D eigenvalue weighted by Crippen LogP contribution is 2.06. The van der Waals surface area contributed by atoms with Crippen molar-refractivity contribution in [2.75, 3.05) is 19.7 Å². The summed E-state index contributed by atoms with van der Waals surface area (Å²) in [5.41, 5.74) is 0. The summed E-state index contributed by atoms with van der Waals surface area (Å²) < 4.78 is 5.43. The standard InChI is InChI=1S/C9H17NO2/c1-3-9(11)10-5-4-6-12-8(2)7-10/h8H,3-7H2,1-2H3. The highest BCUT2D eigenvalue weighted by Gasteiger charge is 2.17. The van der Waals surface area contributed by atoms with Gasteiger partial charge in [0.25, 0.3) is 0 Å². The highest BCUT2D eigenvalue weighted by molar-refractivity contribution is 5.75. The summed E-state index contributed by atoms with van der Waals surface area (Å²) in [5.74, 6) is 0.243. The van der Waals surface area contributed by atoms with Gasteiger partial charge in [0.1, 0.15) is 0 Å². The second-order valence-corrected chi connectivity index (χ2v) is 3.23. The van der Waals surface area contributed by atoms with E-state index in [1.807, 2.05) is 18.7 Å². The highest BCUT2D eigenvalue weighted by atomic mass is 16.5. The monoisotopic (exact) mass is 171 g/mol. The molecule has 0 radical (unpaired) electrons. The maximum atomic E-state index is 11.3. The van der Waals surface area contributed by atoms with Gasteiger partial charge in [0.2, 0.25) is 5.91 Å². The molecule has 0 N–H and O–H groups in total. The molecule has 1 unspecified atom stereocenters. The van der Waals surface area contributed by atoms with E-state index in [4.69, 9.17) is 4.74 Å². The van der Waals surface area contributed by atoms with E-state index in [1.54, 1.807) is 0 Å². The van der Waals surface area contributed by atoms with Gasteiger partial charge in [-0.1, -0.05) is 6.92 Å². The smallest absolute Gasteiger partial charge is 0.222 e. The maximum absolute atomic E-state index is 11.3. The SMILES string of the molecule is CCC(=O)N1CCCOC(C)C1. The summed E-state index contributed by atoms with van der Waals surface area (Å²) >= 11 is 0. The van der Waals surface area contributed by atoms with E-state index in [-0.39, 0.29) is 12.0 Å². The Morgan fingerprint density at radius 3 is 3.08 bits per heavy atom. The largest absolute Gasteiger partial charge is 0.377 e. The molecule has 70 valence electrons. The molecular formula is C9H17NO2. The van der Waals surface area contributed by atoms with Gasteiger partial charge in [0.05, 0.1) is 6.10 Å². The lowest BCUT2D eigenvalue weighted by Crippen LogP contribution is -2.35. The molecule has 0 aromatic heterocycles. The zero-order chi connectivity index (χ0) is 8.97. The first-order valence-corrected chi connectivity index (χ1v) is 4.63. The van der Waals surface area contributed by atoms with Crippen molar-refractivity contribution in [3.8, 4) is 0 Å². The molecule has 1 rings (SSSR count). The zero-order valence-electron chi connectivity index (χ0n) is 7.88. The van der Waals surface area contributed by atoms with Gasteiger partial charge >= 0.3 is 0 Å². The van der Waals surface area contributed by atoms with Crippen molar-refractivity contribution >= 4 is 5.91 Å². The fourth-order valence-corrected chi connectivity index (χ4v) is 1.44. The summed E-state index contributed by atoms with van der Waals surface area (Å²) in [7, 11) is 0. The molecule has 1 fully saturated rings. The Morgan fingerprint density at radius 1 is 1.67 bits per heavy atom. The number of ether oxygens (including phenoxy) is 1. The van der Waals surface area contributed by atoms with E-state index in [0.29, 0.717) is 6.42 Å². The van der Waals surface area contributed by atoms with Crippen LogP contribution in [0.2, 0.25) is 0 Å². The summed E-state index contributed by atoms with van der Waals surface area (Å²) in [6.45, 7) is 6.32. The van der Waals surface area contributed by atoms with Crippen LogP contribution in [0.4, 0.5) is 0 Å². The van der Waals surface area contributed by atoms with Crippen LogP contribution in [0.1, 0.15) is 26.7 Å². The molecule has 3 heteroatoms. The lowest BCUT2D eigenvalue weighted by atomic mass is 10.3. The molecule has 0 bridgehead atoms. The van der Waals surface area contributed by atoms with E-state index in [0.717, 1.165) is 26.1 Å². The third-order valence-electron chi connectivity index (χ3n) is 2.11. The quantitative estimate of drug-likeness (QED) is 0.590. The molecule has 1 heterocycles. The minimum atomic E-state index is 0.197. The van der Waals surface area contributed by atoms with Crippen molar-refractivity contribution in [1.29, 1.82) is 0 Å². The van der Waals surface area contributed by atoms with E-state index in [2.05, 4.69) is 0 Å². The van der Waals surface area contributed by atoms with Gasteiger partial charge in [0, 0.05) is 26.1 Å². The molecular weight excluding hydrogens is 154 g/mol. The van der Waals surface area contributed by atoms with Crippen LogP contribution >= 0.6 is 0 Å². The molecule has 1 saturated heterocycles. The molecule has 0 saturated carbocycles. The van der Waals surface area contributed by atoms with Crippen LogP contribution in [0.5, 0.6) is 0 Å². The average molecular weight is 171 g/mol. The van der Waals surface area contributed by atoms with Gasteiger partial charge in [-0.2, -0.15) is 0 Å². The lowest BCUT2D eigenvalue weighted by molar-refractivity contribution is -0.131. The van der Waals surface area contributed by atoms with Crippen LogP contribution in [0, 0.1) is 0 Å². The molecule has 0 aromatic rings. The van der Waals surface area contributed by atoms with Crippen molar-refractivity contribution < 1.29 is 9.53 Å². The number of rotatable bonds is 1. The average Bonchev–Trinajstić information content (AvgIpc) is 2.28. The molecule has 3 nitrogen and oxygen atoms in total. The minimum Gasteiger partial charge on any atom is -0.377 e. The lowest BCUT2D eigenvalue weighted by Gasteiger charge is -2.21. The molecule has 0 spiro atoms. The summed E-state index contributed by atoms with van der Waals surface area (Å²) in [4.78, 5) is 13.2. The second kappa shape index (κ2) is 4.45. The first-order chi connectivity index (χ1) is 5.74. The van der Waals surface area contributed by atoms with E-state index in [9.17, 15) is 4.79 Å². The summed E-state index contributed by atoms with van der Waals surface area (Å²) in [5, 5.41) is 0. The Balaban J connectivity index is 2.46.